The van der Waals surface area contributed by atoms with E-state index in [0.717, 1.165) is 22.4 Å². The van der Waals surface area contributed by atoms with Gasteiger partial charge in [0.1, 0.15) is 12.0 Å². The zero-order chi connectivity index (χ0) is 20.4. The number of aromatic nitrogens is 3. The highest BCUT2D eigenvalue weighted by Crippen LogP contribution is 2.42. The van der Waals surface area contributed by atoms with Crippen LogP contribution < -0.4 is 4.90 Å². The van der Waals surface area contributed by atoms with Crippen LogP contribution in [-0.4, -0.2) is 21.0 Å². The van der Waals surface area contributed by atoms with E-state index in [0.29, 0.717) is 22.8 Å². The number of hydrogen-bond donors (Lipinski definition) is 0. The summed E-state index contributed by atoms with van der Waals surface area (Å²) < 4.78 is 5.77. The van der Waals surface area contributed by atoms with Gasteiger partial charge in [0.2, 0.25) is 11.8 Å². The normalized spacial score (nSPS) is 10.7. The molecule has 0 bridgehead atoms. The Balaban J connectivity index is 1.99. The van der Waals surface area contributed by atoms with E-state index in [1.807, 2.05) is 62.4 Å². The Kier molecular flexibility index (Phi) is 4.91. The minimum atomic E-state index is -0.179. The molecule has 0 atom stereocenters. The summed E-state index contributed by atoms with van der Waals surface area (Å²) in [6, 6.07) is 17.4. The topological polar surface area (TPSA) is 72.1 Å². The van der Waals surface area contributed by atoms with Gasteiger partial charge in [0.05, 0.1) is 16.9 Å². The quantitative estimate of drug-likeness (QED) is 0.489. The van der Waals surface area contributed by atoms with Crippen LogP contribution in [-0.2, 0) is 4.79 Å². The zero-order valence-electron chi connectivity index (χ0n) is 16.5. The second kappa shape index (κ2) is 7.67. The van der Waals surface area contributed by atoms with Crippen molar-refractivity contribution >= 4 is 17.5 Å². The van der Waals surface area contributed by atoms with Gasteiger partial charge in [-0.25, -0.2) is 14.9 Å². The van der Waals surface area contributed by atoms with Gasteiger partial charge >= 0.3 is 0 Å². The van der Waals surface area contributed by atoms with E-state index in [2.05, 4.69) is 15.1 Å². The van der Waals surface area contributed by atoms with Crippen LogP contribution in [0.25, 0.3) is 22.5 Å². The molecule has 0 aliphatic carbocycles. The molecule has 144 valence electrons. The first-order valence-corrected chi connectivity index (χ1v) is 9.25. The summed E-state index contributed by atoms with van der Waals surface area (Å²) in [6.45, 7) is 5.47. The number of benzene rings is 2. The lowest BCUT2D eigenvalue weighted by atomic mass is 10.0. The van der Waals surface area contributed by atoms with Gasteiger partial charge in [-0.1, -0.05) is 47.1 Å². The van der Waals surface area contributed by atoms with E-state index >= 15 is 0 Å². The summed E-state index contributed by atoms with van der Waals surface area (Å²) in [5, 5.41) is 4.33. The number of rotatable bonds is 4. The Morgan fingerprint density at radius 3 is 2.55 bits per heavy atom. The van der Waals surface area contributed by atoms with Crippen LogP contribution in [0.5, 0.6) is 0 Å². The molecule has 0 unspecified atom stereocenters. The maximum Gasteiger partial charge on any atom is 0.248 e. The lowest BCUT2D eigenvalue weighted by Crippen LogP contribution is -2.23. The highest BCUT2D eigenvalue weighted by molar-refractivity contribution is 6.03. The fourth-order valence-corrected chi connectivity index (χ4v) is 3.33. The third-order valence-corrected chi connectivity index (χ3v) is 4.68. The highest BCUT2D eigenvalue weighted by atomic mass is 16.5. The molecule has 0 saturated heterocycles. The maximum atomic E-state index is 12.7. The van der Waals surface area contributed by atoms with Gasteiger partial charge in [0, 0.05) is 18.7 Å². The monoisotopic (exact) mass is 384 g/mol. The van der Waals surface area contributed by atoms with E-state index in [9.17, 15) is 4.79 Å². The number of hydrogen-bond acceptors (Lipinski definition) is 5. The number of para-hydroxylation sites is 1. The van der Waals surface area contributed by atoms with Crippen molar-refractivity contribution in [3.8, 4) is 22.5 Å². The minimum Gasteiger partial charge on any atom is -0.336 e. The average molecular weight is 384 g/mol. The number of amides is 1. The lowest BCUT2D eigenvalue weighted by Gasteiger charge is -2.21. The minimum absolute atomic E-state index is 0.179. The van der Waals surface area contributed by atoms with Gasteiger partial charge in [-0.3, -0.25) is 4.79 Å². The Morgan fingerprint density at radius 1 is 1.03 bits per heavy atom. The van der Waals surface area contributed by atoms with Crippen LogP contribution in [0.2, 0.25) is 0 Å². The molecular weight excluding hydrogens is 364 g/mol. The third-order valence-electron chi connectivity index (χ3n) is 4.68. The number of anilines is 2. The molecule has 1 amide bonds. The van der Waals surface area contributed by atoms with Gasteiger partial charge in [-0.05, 0) is 37.6 Å². The van der Waals surface area contributed by atoms with Crippen LogP contribution >= 0.6 is 0 Å². The molecule has 2 aromatic carbocycles. The van der Waals surface area contributed by atoms with Crippen molar-refractivity contribution in [2.75, 3.05) is 4.90 Å². The predicted molar refractivity (Wildman–Crippen MR) is 112 cm³/mol. The Hall–Kier alpha value is -3.80. The van der Waals surface area contributed by atoms with E-state index in [-0.39, 0.29) is 5.91 Å². The summed E-state index contributed by atoms with van der Waals surface area (Å²) in [6.07, 6.45) is 3.13. The van der Waals surface area contributed by atoms with E-state index in [1.54, 1.807) is 17.2 Å². The van der Waals surface area contributed by atoms with Crippen molar-refractivity contribution in [3.05, 3.63) is 78.2 Å². The number of carbonyl (C=O) groups is 1. The van der Waals surface area contributed by atoms with Crippen LogP contribution in [0, 0.1) is 13.8 Å². The predicted octanol–water partition coefficient (Wildman–Crippen LogP) is 5.10. The van der Waals surface area contributed by atoms with Crippen molar-refractivity contribution in [2.45, 2.75) is 20.8 Å². The summed E-state index contributed by atoms with van der Waals surface area (Å²) in [7, 11) is 0. The van der Waals surface area contributed by atoms with Gasteiger partial charge in [-0.15, -0.1) is 0 Å². The van der Waals surface area contributed by atoms with Crippen molar-refractivity contribution in [1.82, 2.24) is 15.1 Å². The molecule has 2 heterocycles. The van der Waals surface area contributed by atoms with E-state index in [4.69, 9.17) is 4.52 Å². The second-order valence-electron chi connectivity index (χ2n) is 6.82. The highest BCUT2D eigenvalue weighted by Gasteiger charge is 2.29. The summed E-state index contributed by atoms with van der Waals surface area (Å²) >= 11 is 0. The van der Waals surface area contributed by atoms with Gasteiger partial charge < -0.3 is 4.52 Å². The lowest BCUT2D eigenvalue weighted by molar-refractivity contribution is -0.116. The Bertz CT molecular complexity index is 1170. The number of nitrogens with zero attached hydrogens (tertiary/aromatic N) is 4. The molecule has 6 heteroatoms. The van der Waals surface area contributed by atoms with Crippen molar-refractivity contribution in [1.29, 1.82) is 0 Å². The fraction of sp³-hybridized carbons (Fsp3) is 0.130. The first-order chi connectivity index (χ1) is 14.1. The van der Waals surface area contributed by atoms with Crippen LogP contribution in [0.3, 0.4) is 0 Å². The van der Waals surface area contributed by atoms with Gasteiger partial charge in [0.15, 0.2) is 0 Å². The van der Waals surface area contributed by atoms with Crippen LogP contribution in [0.4, 0.5) is 11.6 Å². The molecule has 0 aliphatic heterocycles. The molecule has 0 N–H and O–H groups in total. The summed E-state index contributed by atoms with van der Waals surface area (Å²) in [4.78, 5) is 22.6. The molecule has 4 aromatic rings. The van der Waals surface area contributed by atoms with E-state index < -0.39 is 0 Å². The van der Waals surface area contributed by atoms with Gasteiger partial charge in [0.25, 0.3) is 0 Å². The molecule has 29 heavy (non-hydrogen) atoms. The smallest absolute Gasteiger partial charge is 0.248 e. The first kappa shape index (κ1) is 18.6. The standard InChI is InChI=1S/C23H20N4O2/c1-15-7-6-9-18(13-15)22-21(19-11-12-24-14-25-19)23(29-26-22)27(17(3)28)20-10-5-4-8-16(20)2/h4-14H,1-3H3. The molecule has 4 rings (SSSR count). The van der Waals surface area contributed by atoms with Gasteiger partial charge in [-0.2, -0.15) is 0 Å². The summed E-state index contributed by atoms with van der Waals surface area (Å²) in [5.41, 5.74) is 5.59. The molecular formula is C23H20N4O2. The largest absolute Gasteiger partial charge is 0.336 e. The summed E-state index contributed by atoms with van der Waals surface area (Å²) in [5.74, 6) is 0.156. The molecule has 0 radical (unpaired) electrons. The number of aryl methyl sites for hydroxylation is 2. The Morgan fingerprint density at radius 2 is 1.86 bits per heavy atom. The SMILES string of the molecule is CC(=O)N(c1ccccc1C)c1onc(-c2cccc(C)c2)c1-c1ccncn1. The third kappa shape index (κ3) is 3.52. The average Bonchev–Trinajstić information content (AvgIpc) is 3.15. The molecule has 0 fully saturated rings. The molecule has 0 aliphatic rings. The molecule has 2 aromatic heterocycles. The van der Waals surface area contributed by atoms with Crippen LogP contribution in [0.1, 0.15) is 18.1 Å². The Labute approximate surface area is 168 Å². The number of carbonyl (C=O) groups excluding carboxylic acids is 1. The fourth-order valence-electron chi connectivity index (χ4n) is 3.33. The van der Waals surface area contributed by atoms with Crippen molar-refractivity contribution in [3.63, 3.8) is 0 Å². The molecule has 0 saturated carbocycles. The van der Waals surface area contributed by atoms with Crippen molar-refractivity contribution < 1.29 is 9.32 Å². The second-order valence-corrected chi connectivity index (χ2v) is 6.82. The van der Waals surface area contributed by atoms with E-state index in [1.165, 1.54) is 13.3 Å². The maximum absolute atomic E-state index is 12.7. The van der Waals surface area contributed by atoms with Crippen molar-refractivity contribution in [2.24, 2.45) is 0 Å². The molecule has 0 spiro atoms. The first-order valence-electron chi connectivity index (χ1n) is 9.25. The van der Waals surface area contributed by atoms with Crippen LogP contribution in [0.15, 0.2) is 71.6 Å². The zero-order valence-corrected chi connectivity index (χ0v) is 16.5. The molecule has 6 nitrogen and oxygen atoms in total.